The van der Waals surface area contributed by atoms with Crippen LogP contribution in [0.4, 0.5) is 0 Å². The number of aromatic nitrogens is 1. The highest BCUT2D eigenvalue weighted by molar-refractivity contribution is 5.81. The number of carbonyl (C=O) groups excluding carboxylic acids is 1. The molecule has 6 heteroatoms. The van der Waals surface area contributed by atoms with Gasteiger partial charge in [-0.05, 0) is 24.1 Å². The summed E-state index contributed by atoms with van der Waals surface area (Å²) in [5.41, 5.74) is 3.11. The molecule has 2 bridgehead atoms. The maximum atomic E-state index is 13.6. The van der Waals surface area contributed by atoms with E-state index >= 15 is 0 Å². The van der Waals surface area contributed by atoms with Crippen molar-refractivity contribution in [2.45, 2.75) is 31.5 Å². The monoisotopic (exact) mass is 417 g/mol. The summed E-state index contributed by atoms with van der Waals surface area (Å²) in [6.45, 7) is 3.03. The van der Waals surface area contributed by atoms with Crippen molar-refractivity contribution >= 4 is 5.91 Å². The SMILES string of the molecule is CN(Cc1ccoc1)C(=O)[C@H]1[C@@H]2C[C@@H](CN(Cc3ccccc3)C2)c2cccc(=O)n21. The summed E-state index contributed by atoms with van der Waals surface area (Å²) in [4.78, 5) is 30.7. The highest BCUT2D eigenvalue weighted by Crippen LogP contribution is 2.42. The molecule has 3 aromatic rings. The van der Waals surface area contributed by atoms with Gasteiger partial charge in [0, 0.05) is 62.4 Å². The molecule has 5 rings (SSSR count). The van der Waals surface area contributed by atoms with Crippen LogP contribution in [0.15, 0.2) is 76.3 Å². The van der Waals surface area contributed by atoms with Crippen LogP contribution < -0.4 is 5.56 Å². The molecule has 0 saturated carbocycles. The minimum atomic E-state index is -0.476. The van der Waals surface area contributed by atoms with Crippen molar-refractivity contribution < 1.29 is 9.21 Å². The van der Waals surface area contributed by atoms with Gasteiger partial charge in [-0.3, -0.25) is 19.1 Å². The molecule has 0 spiro atoms. The summed E-state index contributed by atoms with van der Waals surface area (Å²) in [6.07, 6.45) is 4.20. The van der Waals surface area contributed by atoms with Gasteiger partial charge < -0.3 is 9.32 Å². The van der Waals surface area contributed by atoms with Crippen LogP contribution in [0.2, 0.25) is 0 Å². The fraction of sp³-hybridized carbons (Fsp3) is 0.360. The van der Waals surface area contributed by atoms with Crippen molar-refractivity contribution in [3.63, 3.8) is 0 Å². The molecule has 4 heterocycles. The Hall–Kier alpha value is -3.12. The van der Waals surface area contributed by atoms with Gasteiger partial charge in [0.25, 0.3) is 5.56 Å². The van der Waals surface area contributed by atoms with E-state index in [-0.39, 0.29) is 23.3 Å². The number of pyridine rings is 1. The highest BCUT2D eigenvalue weighted by Gasteiger charge is 2.44. The quantitative estimate of drug-likeness (QED) is 0.639. The highest BCUT2D eigenvalue weighted by atomic mass is 16.3. The predicted molar refractivity (Wildman–Crippen MR) is 117 cm³/mol. The molecule has 1 aromatic carbocycles. The fourth-order valence-electron chi connectivity index (χ4n) is 5.28. The zero-order valence-corrected chi connectivity index (χ0v) is 17.7. The van der Waals surface area contributed by atoms with Crippen LogP contribution in [0.3, 0.4) is 0 Å². The number of nitrogens with zero attached hydrogens (tertiary/aromatic N) is 3. The van der Waals surface area contributed by atoms with Gasteiger partial charge in [-0.1, -0.05) is 36.4 Å². The van der Waals surface area contributed by atoms with Crippen molar-refractivity contribution in [2.24, 2.45) is 5.92 Å². The lowest BCUT2D eigenvalue weighted by molar-refractivity contribution is -0.137. The van der Waals surface area contributed by atoms with Crippen molar-refractivity contribution in [3.05, 3.63) is 94.3 Å². The number of furan rings is 1. The van der Waals surface area contributed by atoms with Crippen molar-refractivity contribution in [1.29, 1.82) is 0 Å². The summed E-state index contributed by atoms with van der Waals surface area (Å²) >= 11 is 0. The average molecular weight is 418 g/mol. The van der Waals surface area contributed by atoms with E-state index in [2.05, 4.69) is 29.2 Å². The largest absolute Gasteiger partial charge is 0.472 e. The second-order valence-electron chi connectivity index (χ2n) is 8.80. The van der Waals surface area contributed by atoms with E-state index in [4.69, 9.17) is 4.42 Å². The van der Waals surface area contributed by atoms with Gasteiger partial charge in [0.2, 0.25) is 5.91 Å². The standard InChI is InChI=1S/C25H27N3O3/c1-26(13-19-10-11-31-17-19)25(30)24-21-12-20(22-8-5-9-23(29)28(22)24)15-27(16-21)14-18-6-3-2-4-7-18/h2-11,17,20-21,24H,12-16H2,1H3/t20-,21+,24+/m0/s1. The Morgan fingerprint density at radius 2 is 1.90 bits per heavy atom. The van der Waals surface area contributed by atoms with Crippen LogP contribution >= 0.6 is 0 Å². The van der Waals surface area contributed by atoms with Gasteiger partial charge in [0.15, 0.2) is 0 Å². The summed E-state index contributed by atoms with van der Waals surface area (Å²) in [6, 6.07) is 17.2. The van der Waals surface area contributed by atoms with Crippen molar-refractivity contribution in [2.75, 3.05) is 20.1 Å². The molecule has 1 amide bonds. The molecular weight excluding hydrogens is 390 g/mol. The smallest absolute Gasteiger partial charge is 0.251 e. The molecule has 0 radical (unpaired) electrons. The van der Waals surface area contributed by atoms with E-state index in [1.165, 1.54) is 5.56 Å². The number of carbonyl (C=O) groups is 1. The fourth-order valence-corrected chi connectivity index (χ4v) is 5.28. The third-order valence-electron chi connectivity index (χ3n) is 6.60. The number of fused-ring (bicyclic) bond motifs is 4. The zero-order chi connectivity index (χ0) is 21.4. The topological polar surface area (TPSA) is 58.7 Å². The van der Waals surface area contributed by atoms with Gasteiger partial charge in [0.05, 0.1) is 12.5 Å². The first-order valence-electron chi connectivity index (χ1n) is 10.8. The number of hydrogen-bond donors (Lipinski definition) is 0. The molecule has 0 N–H and O–H groups in total. The van der Waals surface area contributed by atoms with Crippen molar-refractivity contribution in [3.8, 4) is 0 Å². The molecule has 2 aromatic heterocycles. The van der Waals surface area contributed by atoms with Crippen LogP contribution in [0.1, 0.15) is 35.2 Å². The molecule has 2 aliphatic rings. The predicted octanol–water partition coefficient (Wildman–Crippen LogP) is 3.26. The number of piperidine rings is 1. The molecule has 0 aliphatic carbocycles. The third kappa shape index (κ3) is 3.83. The number of likely N-dealkylation sites (N-methyl/N-ethyl adjacent to an activating group) is 1. The molecule has 0 unspecified atom stereocenters. The molecule has 3 atom stereocenters. The average Bonchev–Trinajstić information content (AvgIpc) is 3.28. The number of amides is 1. The Kier molecular flexibility index (Phi) is 5.24. The third-order valence-corrected chi connectivity index (χ3v) is 6.60. The molecular formula is C25H27N3O3. The normalized spacial score (nSPS) is 22.7. The minimum Gasteiger partial charge on any atom is -0.472 e. The van der Waals surface area contributed by atoms with E-state index < -0.39 is 6.04 Å². The molecule has 1 fully saturated rings. The van der Waals surface area contributed by atoms with Gasteiger partial charge in [-0.2, -0.15) is 0 Å². The summed E-state index contributed by atoms with van der Waals surface area (Å²) in [7, 11) is 1.81. The van der Waals surface area contributed by atoms with Crippen LogP contribution in [-0.4, -0.2) is 40.4 Å². The summed E-state index contributed by atoms with van der Waals surface area (Å²) in [5, 5.41) is 0. The first kappa shape index (κ1) is 19.8. The second kappa shape index (κ2) is 8.19. The maximum absolute atomic E-state index is 13.6. The van der Waals surface area contributed by atoms with Gasteiger partial charge >= 0.3 is 0 Å². The minimum absolute atomic E-state index is 0.0132. The summed E-state index contributed by atoms with van der Waals surface area (Å²) in [5.74, 6) is 0.356. The molecule has 160 valence electrons. The number of likely N-dealkylation sites (tertiary alicyclic amines) is 1. The Morgan fingerprint density at radius 3 is 2.68 bits per heavy atom. The Bertz CT molecular complexity index is 1110. The molecule has 6 nitrogen and oxygen atoms in total. The first-order chi connectivity index (χ1) is 15.1. The van der Waals surface area contributed by atoms with Gasteiger partial charge in [-0.25, -0.2) is 0 Å². The first-order valence-corrected chi connectivity index (χ1v) is 10.8. The Labute approximate surface area is 181 Å². The van der Waals surface area contributed by atoms with Crippen LogP contribution in [0, 0.1) is 5.92 Å². The van der Waals surface area contributed by atoms with E-state index in [0.717, 1.165) is 37.3 Å². The lowest BCUT2D eigenvalue weighted by Gasteiger charge is -2.47. The van der Waals surface area contributed by atoms with E-state index in [1.807, 2.05) is 24.3 Å². The van der Waals surface area contributed by atoms with E-state index in [1.54, 1.807) is 35.1 Å². The Morgan fingerprint density at radius 1 is 1.06 bits per heavy atom. The lowest BCUT2D eigenvalue weighted by Crippen LogP contribution is -2.53. The van der Waals surface area contributed by atoms with Crippen molar-refractivity contribution in [1.82, 2.24) is 14.4 Å². The van der Waals surface area contributed by atoms with Gasteiger partial charge in [-0.15, -0.1) is 0 Å². The Balaban J connectivity index is 1.46. The lowest BCUT2D eigenvalue weighted by atomic mass is 9.78. The number of benzene rings is 1. The van der Waals surface area contributed by atoms with E-state index in [0.29, 0.717) is 6.54 Å². The number of rotatable bonds is 5. The molecule has 2 aliphatic heterocycles. The molecule has 31 heavy (non-hydrogen) atoms. The zero-order valence-electron chi connectivity index (χ0n) is 17.7. The maximum Gasteiger partial charge on any atom is 0.251 e. The van der Waals surface area contributed by atoms with Crippen LogP contribution in [0.25, 0.3) is 0 Å². The molecule has 1 saturated heterocycles. The van der Waals surface area contributed by atoms with E-state index in [9.17, 15) is 9.59 Å². The van der Waals surface area contributed by atoms with Crippen LogP contribution in [0.5, 0.6) is 0 Å². The number of hydrogen-bond acceptors (Lipinski definition) is 4. The van der Waals surface area contributed by atoms with Crippen LogP contribution in [-0.2, 0) is 17.9 Å². The second-order valence-corrected chi connectivity index (χ2v) is 8.80. The summed E-state index contributed by atoms with van der Waals surface area (Å²) < 4.78 is 6.92. The van der Waals surface area contributed by atoms with Gasteiger partial charge in [0.1, 0.15) is 6.04 Å².